The summed E-state index contributed by atoms with van der Waals surface area (Å²) in [5.74, 6) is -1.65. The number of carbonyl (C=O) groups is 2. The maximum Gasteiger partial charge on any atom is 0.321 e. The van der Waals surface area contributed by atoms with Gasteiger partial charge in [-0.3, -0.25) is 14.5 Å². The highest BCUT2D eigenvalue weighted by molar-refractivity contribution is 6.31. The fourth-order valence-corrected chi connectivity index (χ4v) is 8.10. The second-order valence-electron chi connectivity index (χ2n) is 11.1. The van der Waals surface area contributed by atoms with Crippen LogP contribution >= 0.6 is 23.2 Å². The lowest BCUT2D eigenvalue weighted by molar-refractivity contribution is -0.145. The molecule has 2 fully saturated rings. The van der Waals surface area contributed by atoms with Crippen LogP contribution in [0.15, 0.2) is 42.5 Å². The number of carboxylic acids is 1. The van der Waals surface area contributed by atoms with E-state index >= 15 is 0 Å². The zero-order valence-corrected chi connectivity index (χ0v) is 21.4. The number of hydrogen-bond acceptors (Lipinski definition) is 3. The number of anilines is 1. The van der Waals surface area contributed by atoms with Gasteiger partial charge >= 0.3 is 5.97 Å². The largest absolute Gasteiger partial charge is 0.480 e. The molecule has 3 aliphatic rings. The first-order valence-electron chi connectivity index (χ1n) is 11.8. The molecule has 7 heteroatoms. The van der Waals surface area contributed by atoms with Gasteiger partial charge in [0.1, 0.15) is 11.5 Å². The number of aliphatic carboxylic acids is 1. The molecule has 180 valence electrons. The van der Waals surface area contributed by atoms with Crippen LogP contribution in [0.1, 0.15) is 57.1 Å². The molecule has 1 saturated heterocycles. The number of likely N-dealkylation sites (N-methyl/N-ethyl adjacent to an activating group) is 1. The lowest BCUT2D eigenvalue weighted by atomic mass is 9.50. The molecule has 5 rings (SSSR count). The second kappa shape index (κ2) is 7.71. The van der Waals surface area contributed by atoms with E-state index in [2.05, 4.69) is 26.1 Å². The van der Waals surface area contributed by atoms with Crippen molar-refractivity contribution >= 4 is 40.8 Å². The summed E-state index contributed by atoms with van der Waals surface area (Å²) in [5, 5.41) is 14.7. The van der Waals surface area contributed by atoms with Crippen molar-refractivity contribution in [2.24, 2.45) is 11.3 Å². The number of fused-ring (bicyclic) bond motifs is 3. The number of nitrogens with zero attached hydrogens (tertiary/aromatic N) is 1. The highest BCUT2D eigenvalue weighted by Crippen LogP contribution is 2.68. The minimum atomic E-state index is -1.11. The first-order valence-corrected chi connectivity index (χ1v) is 12.5. The summed E-state index contributed by atoms with van der Waals surface area (Å²) in [6, 6.07) is 11.9. The quantitative estimate of drug-likeness (QED) is 0.534. The third-order valence-corrected chi connectivity index (χ3v) is 9.31. The molecule has 2 aliphatic heterocycles. The van der Waals surface area contributed by atoms with Crippen molar-refractivity contribution in [1.82, 2.24) is 4.90 Å². The van der Waals surface area contributed by atoms with Gasteiger partial charge in [0.25, 0.3) is 0 Å². The van der Waals surface area contributed by atoms with E-state index in [9.17, 15) is 14.7 Å². The number of benzene rings is 2. The summed E-state index contributed by atoms with van der Waals surface area (Å²) in [7, 11) is 1.89. The zero-order valence-electron chi connectivity index (χ0n) is 19.9. The van der Waals surface area contributed by atoms with Crippen LogP contribution in [0.25, 0.3) is 0 Å². The Morgan fingerprint density at radius 2 is 1.82 bits per heavy atom. The van der Waals surface area contributed by atoms with Gasteiger partial charge in [-0.25, -0.2) is 0 Å². The Hall–Kier alpha value is -2.08. The van der Waals surface area contributed by atoms with E-state index < -0.39 is 28.9 Å². The van der Waals surface area contributed by atoms with Gasteiger partial charge in [-0.2, -0.15) is 0 Å². The number of nitrogens with one attached hydrogen (secondary N) is 1. The summed E-state index contributed by atoms with van der Waals surface area (Å²) < 4.78 is 0. The summed E-state index contributed by atoms with van der Waals surface area (Å²) in [4.78, 5) is 29.3. The molecule has 2 N–H and O–H groups in total. The molecular weight excluding hydrogens is 471 g/mol. The third-order valence-electron chi connectivity index (χ3n) is 8.84. The third kappa shape index (κ3) is 2.96. The Bertz CT molecular complexity index is 1200. The van der Waals surface area contributed by atoms with Gasteiger partial charge in [0, 0.05) is 27.2 Å². The van der Waals surface area contributed by atoms with E-state index in [4.69, 9.17) is 23.2 Å². The zero-order chi connectivity index (χ0) is 24.6. The van der Waals surface area contributed by atoms with Gasteiger partial charge in [-0.15, -0.1) is 0 Å². The molecule has 1 amide bonds. The number of hydrogen-bond donors (Lipinski definition) is 2. The van der Waals surface area contributed by atoms with E-state index in [1.54, 1.807) is 18.2 Å². The second-order valence-corrected chi connectivity index (χ2v) is 11.9. The molecule has 3 unspecified atom stereocenters. The van der Waals surface area contributed by atoms with Gasteiger partial charge in [0.15, 0.2) is 0 Å². The summed E-state index contributed by atoms with van der Waals surface area (Å²) >= 11 is 12.7. The molecular formula is C27H30Cl2N2O3. The van der Waals surface area contributed by atoms with Crippen LogP contribution in [0.5, 0.6) is 0 Å². The molecule has 2 aromatic carbocycles. The highest BCUT2D eigenvalue weighted by atomic mass is 35.5. The minimum Gasteiger partial charge on any atom is -0.480 e. The molecule has 34 heavy (non-hydrogen) atoms. The standard InChI is InChI=1S/C27H30Cl2N2O3/c1-15-14-25(2,3)10-11-26(15)27(19-9-8-18(29)13-20(19)30-24(27)34)21(22(23(32)33)31(26)4)16-6-5-7-17(28)12-16/h5-9,12-13,15,21-22H,10-11,14H2,1-4H3,(H,30,34)(H,32,33)/t15?,21-,22+,26?,27?/m0/s1. The van der Waals surface area contributed by atoms with Gasteiger partial charge in [-0.1, -0.05) is 62.2 Å². The van der Waals surface area contributed by atoms with Gasteiger partial charge < -0.3 is 10.4 Å². The topological polar surface area (TPSA) is 69.6 Å². The predicted molar refractivity (Wildman–Crippen MR) is 135 cm³/mol. The molecule has 5 nitrogen and oxygen atoms in total. The number of amides is 1. The SMILES string of the molecule is CC1CC(C)(C)CCC12N(C)[C@@H](C(=O)O)[C@H](c1cccc(Cl)c1)C21C(=O)Nc2cc(Cl)ccc21. The Labute approximate surface area is 210 Å². The van der Waals surface area contributed by atoms with Crippen LogP contribution in [0.3, 0.4) is 0 Å². The Balaban J connectivity index is 1.88. The van der Waals surface area contributed by atoms with E-state index in [1.807, 2.05) is 36.2 Å². The van der Waals surface area contributed by atoms with E-state index in [1.165, 1.54) is 0 Å². The normalized spacial score (nSPS) is 34.4. The fourth-order valence-electron chi connectivity index (χ4n) is 7.73. The smallest absolute Gasteiger partial charge is 0.321 e. The van der Waals surface area contributed by atoms with Gasteiger partial charge in [0.05, 0.1) is 0 Å². The van der Waals surface area contributed by atoms with Crippen molar-refractivity contribution in [2.45, 2.75) is 62.9 Å². The van der Waals surface area contributed by atoms with E-state index in [0.717, 1.165) is 24.0 Å². The molecule has 0 bridgehead atoms. The Kier molecular flexibility index (Phi) is 5.36. The van der Waals surface area contributed by atoms with Gasteiger partial charge in [0.2, 0.25) is 5.91 Å². The van der Waals surface area contributed by atoms with Crippen molar-refractivity contribution in [1.29, 1.82) is 0 Å². The molecule has 0 radical (unpaired) electrons. The van der Waals surface area contributed by atoms with Crippen molar-refractivity contribution in [3.8, 4) is 0 Å². The number of likely N-dealkylation sites (tertiary alicyclic amines) is 1. The van der Waals surface area contributed by atoms with Crippen LogP contribution in [-0.4, -0.2) is 40.5 Å². The van der Waals surface area contributed by atoms with Gasteiger partial charge in [-0.05, 0) is 73.0 Å². The van der Waals surface area contributed by atoms with Crippen LogP contribution in [0.4, 0.5) is 5.69 Å². The average Bonchev–Trinajstić information content (AvgIpc) is 3.15. The number of carbonyl (C=O) groups excluding carboxylic acids is 1. The minimum absolute atomic E-state index is 0.0691. The number of halogens is 2. The summed E-state index contributed by atoms with van der Waals surface area (Å²) in [6.45, 7) is 6.69. The van der Waals surface area contributed by atoms with E-state index in [-0.39, 0.29) is 17.2 Å². The summed E-state index contributed by atoms with van der Waals surface area (Å²) in [5.41, 5.74) is 0.567. The van der Waals surface area contributed by atoms with Crippen LogP contribution in [-0.2, 0) is 15.0 Å². The molecule has 1 aliphatic carbocycles. The predicted octanol–water partition coefficient (Wildman–Crippen LogP) is 5.95. The summed E-state index contributed by atoms with van der Waals surface area (Å²) in [6.07, 6.45) is 2.51. The Morgan fingerprint density at radius 3 is 2.47 bits per heavy atom. The fraction of sp³-hybridized carbons (Fsp3) is 0.481. The van der Waals surface area contributed by atoms with Crippen molar-refractivity contribution in [3.63, 3.8) is 0 Å². The lowest BCUT2D eigenvalue weighted by Crippen LogP contribution is -2.65. The molecule has 0 aromatic heterocycles. The first-order chi connectivity index (χ1) is 16.0. The van der Waals surface area contributed by atoms with Crippen LogP contribution < -0.4 is 5.32 Å². The van der Waals surface area contributed by atoms with Crippen molar-refractivity contribution in [3.05, 3.63) is 63.6 Å². The maximum atomic E-state index is 14.3. The van der Waals surface area contributed by atoms with Crippen molar-refractivity contribution in [2.75, 3.05) is 12.4 Å². The molecule has 2 heterocycles. The van der Waals surface area contributed by atoms with Crippen molar-refractivity contribution < 1.29 is 14.7 Å². The number of carboxylic acid groups (broad SMARTS) is 1. The monoisotopic (exact) mass is 500 g/mol. The highest BCUT2D eigenvalue weighted by Gasteiger charge is 2.76. The molecule has 1 saturated carbocycles. The first kappa shape index (κ1) is 23.7. The van der Waals surface area contributed by atoms with Crippen LogP contribution in [0, 0.1) is 11.3 Å². The van der Waals surface area contributed by atoms with E-state index in [0.29, 0.717) is 22.2 Å². The Morgan fingerprint density at radius 1 is 1.12 bits per heavy atom. The maximum absolute atomic E-state index is 14.3. The van der Waals surface area contributed by atoms with Crippen LogP contribution in [0.2, 0.25) is 10.0 Å². The average molecular weight is 501 g/mol. The lowest BCUT2D eigenvalue weighted by Gasteiger charge is -2.56. The number of rotatable bonds is 2. The molecule has 2 spiro atoms. The molecule has 5 atom stereocenters. The molecule has 2 aromatic rings.